The van der Waals surface area contributed by atoms with Crippen LogP contribution in [0.3, 0.4) is 0 Å². The summed E-state index contributed by atoms with van der Waals surface area (Å²) in [6.45, 7) is 6.77. The maximum absolute atomic E-state index is 12.3. The third-order valence-corrected chi connectivity index (χ3v) is 5.73. The van der Waals surface area contributed by atoms with Crippen LogP contribution < -0.4 is 0 Å². The van der Waals surface area contributed by atoms with E-state index in [2.05, 4.69) is 51.1 Å². The number of carbonyl (C=O) groups excluding carboxylic acids is 1. The molecule has 1 aliphatic rings. The Morgan fingerprint density at radius 1 is 0.962 bits per heavy atom. The molecule has 0 saturated heterocycles. The number of unbranched alkanes of at least 4 members (excludes halogenated alkanes) is 1. The molecular weight excluding hydrogens is 316 g/mol. The van der Waals surface area contributed by atoms with Gasteiger partial charge in [0.15, 0.2) is 5.78 Å². The van der Waals surface area contributed by atoms with Gasteiger partial charge in [0.1, 0.15) is 0 Å². The van der Waals surface area contributed by atoms with Gasteiger partial charge in [-0.3, -0.25) is 4.79 Å². The molecule has 2 aromatic carbocycles. The minimum atomic E-state index is 0.288. The lowest BCUT2D eigenvalue weighted by Gasteiger charge is -2.10. The van der Waals surface area contributed by atoms with E-state index in [0.29, 0.717) is 6.42 Å². The standard InChI is InChI=1S/C25H32O/c1-4-6-8-25(26)20-12-14-24-22(16-20)17-21-15-19(11-13-23(21)24)10-9-18(3)7-5-2/h11-16,18H,4-10,17H2,1-3H3. The Morgan fingerprint density at radius 3 is 2.42 bits per heavy atom. The smallest absolute Gasteiger partial charge is 0.162 e. The number of hydrogen-bond acceptors (Lipinski definition) is 1. The molecule has 26 heavy (non-hydrogen) atoms. The maximum atomic E-state index is 12.3. The SMILES string of the molecule is CCCCC(=O)c1ccc2c(c1)Cc1cc(CCC(C)CCC)ccc1-2. The first-order chi connectivity index (χ1) is 12.6. The van der Waals surface area contributed by atoms with Crippen molar-refractivity contribution in [1.82, 2.24) is 0 Å². The Kier molecular flexibility index (Phi) is 6.29. The fraction of sp³-hybridized carbons (Fsp3) is 0.480. The van der Waals surface area contributed by atoms with Crippen LogP contribution in [0.5, 0.6) is 0 Å². The van der Waals surface area contributed by atoms with Crippen molar-refractivity contribution >= 4 is 5.78 Å². The van der Waals surface area contributed by atoms with Crippen molar-refractivity contribution in [2.24, 2.45) is 5.92 Å². The Hall–Kier alpha value is -1.89. The molecule has 0 fully saturated rings. The predicted molar refractivity (Wildman–Crippen MR) is 111 cm³/mol. The molecule has 0 bridgehead atoms. The predicted octanol–water partition coefficient (Wildman–Crippen LogP) is 7.00. The quantitative estimate of drug-likeness (QED) is 0.380. The van der Waals surface area contributed by atoms with Gasteiger partial charge in [-0.15, -0.1) is 0 Å². The molecule has 0 saturated carbocycles. The third-order valence-electron chi connectivity index (χ3n) is 5.73. The monoisotopic (exact) mass is 348 g/mol. The number of Topliss-reactive ketones (excluding diaryl/α,β-unsaturated/α-hetero) is 1. The maximum Gasteiger partial charge on any atom is 0.162 e. The lowest BCUT2D eigenvalue weighted by molar-refractivity contribution is 0.0979. The van der Waals surface area contributed by atoms with E-state index in [0.717, 1.165) is 30.7 Å². The van der Waals surface area contributed by atoms with E-state index in [-0.39, 0.29) is 5.78 Å². The Morgan fingerprint density at radius 2 is 1.69 bits per heavy atom. The molecule has 0 spiro atoms. The Balaban J connectivity index is 1.72. The molecule has 0 aromatic heterocycles. The number of fused-ring (bicyclic) bond motifs is 3. The second kappa shape index (κ2) is 8.66. The second-order valence-electron chi connectivity index (χ2n) is 8.00. The van der Waals surface area contributed by atoms with Crippen molar-refractivity contribution in [3.05, 3.63) is 58.7 Å². The van der Waals surface area contributed by atoms with Crippen LogP contribution >= 0.6 is 0 Å². The third kappa shape index (κ3) is 4.26. The molecule has 0 N–H and O–H groups in total. The molecule has 1 heteroatoms. The number of hydrogen-bond donors (Lipinski definition) is 0. The number of benzene rings is 2. The molecular formula is C25H32O. The van der Waals surface area contributed by atoms with Crippen molar-refractivity contribution in [2.75, 3.05) is 0 Å². The lowest BCUT2D eigenvalue weighted by Crippen LogP contribution is -1.99. The first-order valence-electron chi connectivity index (χ1n) is 10.4. The number of aryl methyl sites for hydroxylation is 1. The average Bonchev–Trinajstić information content (AvgIpc) is 3.01. The minimum Gasteiger partial charge on any atom is -0.294 e. The van der Waals surface area contributed by atoms with Crippen molar-refractivity contribution in [1.29, 1.82) is 0 Å². The van der Waals surface area contributed by atoms with Crippen molar-refractivity contribution in [3.8, 4) is 11.1 Å². The summed E-state index contributed by atoms with van der Waals surface area (Å²) < 4.78 is 0. The topological polar surface area (TPSA) is 17.1 Å². The van der Waals surface area contributed by atoms with Crippen LogP contribution in [0.15, 0.2) is 36.4 Å². The average molecular weight is 349 g/mol. The normalized spacial score (nSPS) is 13.3. The highest BCUT2D eigenvalue weighted by Gasteiger charge is 2.20. The summed E-state index contributed by atoms with van der Waals surface area (Å²) in [6, 6.07) is 13.3. The van der Waals surface area contributed by atoms with E-state index in [4.69, 9.17) is 0 Å². The lowest BCUT2D eigenvalue weighted by atomic mass is 9.95. The van der Waals surface area contributed by atoms with E-state index in [1.54, 1.807) is 0 Å². The van der Waals surface area contributed by atoms with Crippen LogP contribution in [0.1, 0.15) is 86.3 Å². The zero-order chi connectivity index (χ0) is 18.5. The van der Waals surface area contributed by atoms with Crippen LogP contribution in [0.4, 0.5) is 0 Å². The van der Waals surface area contributed by atoms with E-state index >= 15 is 0 Å². The van der Waals surface area contributed by atoms with Crippen LogP contribution in [0.25, 0.3) is 11.1 Å². The Labute approximate surface area is 158 Å². The molecule has 1 nitrogen and oxygen atoms in total. The van der Waals surface area contributed by atoms with Crippen LogP contribution in [0.2, 0.25) is 0 Å². The summed E-state index contributed by atoms with van der Waals surface area (Å²) in [6.07, 6.45) is 8.74. The molecule has 1 atom stereocenters. The van der Waals surface area contributed by atoms with Gasteiger partial charge >= 0.3 is 0 Å². The summed E-state index contributed by atoms with van der Waals surface area (Å²) in [7, 11) is 0. The summed E-state index contributed by atoms with van der Waals surface area (Å²) in [5.74, 6) is 1.10. The van der Waals surface area contributed by atoms with Gasteiger partial charge in [-0.05, 0) is 65.5 Å². The van der Waals surface area contributed by atoms with Gasteiger partial charge in [-0.25, -0.2) is 0 Å². The molecule has 3 rings (SSSR count). The van der Waals surface area contributed by atoms with Gasteiger partial charge < -0.3 is 0 Å². The molecule has 0 heterocycles. The molecule has 138 valence electrons. The van der Waals surface area contributed by atoms with Gasteiger partial charge in [0, 0.05) is 12.0 Å². The second-order valence-corrected chi connectivity index (χ2v) is 8.00. The summed E-state index contributed by atoms with van der Waals surface area (Å²) in [4.78, 5) is 12.3. The van der Waals surface area contributed by atoms with Gasteiger partial charge in [-0.2, -0.15) is 0 Å². The summed E-state index contributed by atoms with van der Waals surface area (Å²) >= 11 is 0. The highest BCUT2D eigenvalue weighted by molar-refractivity contribution is 5.97. The largest absolute Gasteiger partial charge is 0.294 e. The molecule has 1 aliphatic carbocycles. The van der Waals surface area contributed by atoms with Crippen molar-refractivity contribution in [2.45, 2.75) is 72.1 Å². The van der Waals surface area contributed by atoms with E-state index in [1.165, 1.54) is 53.5 Å². The first kappa shape index (κ1) is 18.9. The molecule has 0 aliphatic heterocycles. The molecule has 0 radical (unpaired) electrons. The first-order valence-corrected chi connectivity index (χ1v) is 10.4. The zero-order valence-corrected chi connectivity index (χ0v) is 16.6. The van der Waals surface area contributed by atoms with E-state index in [1.807, 2.05) is 6.07 Å². The Bertz CT molecular complexity index is 772. The van der Waals surface area contributed by atoms with Crippen LogP contribution in [-0.2, 0) is 12.8 Å². The number of carbonyl (C=O) groups is 1. The highest BCUT2D eigenvalue weighted by Crippen LogP contribution is 2.38. The molecule has 2 aromatic rings. The number of rotatable bonds is 9. The van der Waals surface area contributed by atoms with Gasteiger partial charge in [0.05, 0.1) is 0 Å². The fourth-order valence-electron chi connectivity index (χ4n) is 4.12. The summed E-state index contributed by atoms with van der Waals surface area (Å²) in [5.41, 5.74) is 7.77. The van der Waals surface area contributed by atoms with E-state index in [9.17, 15) is 4.79 Å². The van der Waals surface area contributed by atoms with E-state index < -0.39 is 0 Å². The van der Waals surface area contributed by atoms with Gasteiger partial charge in [0.2, 0.25) is 0 Å². The van der Waals surface area contributed by atoms with Crippen LogP contribution in [0, 0.1) is 5.92 Å². The minimum absolute atomic E-state index is 0.288. The van der Waals surface area contributed by atoms with Gasteiger partial charge in [-0.1, -0.05) is 70.4 Å². The highest BCUT2D eigenvalue weighted by atomic mass is 16.1. The van der Waals surface area contributed by atoms with Crippen molar-refractivity contribution < 1.29 is 4.79 Å². The van der Waals surface area contributed by atoms with Gasteiger partial charge in [0.25, 0.3) is 0 Å². The summed E-state index contributed by atoms with van der Waals surface area (Å²) in [5, 5.41) is 0. The molecule has 0 amide bonds. The van der Waals surface area contributed by atoms with Crippen molar-refractivity contribution in [3.63, 3.8) is 0 Å². The fourth-order valence-corrected chi connectivity index (χ4v) is 4.12. The van der Waals surface area contributed by atoms with Crippen LogP contribution in [-0.4, -0.2) is 5.78 Å². The number of ketones is 1. The zero-order valence-electron chi connectivity index (χ0n) is 16.6. The molecule has 1 unspecified atom stereocenters.